The van der Waals surface area contributed by atoms with E-state index < -0.39 is 5.91 Å². The van der Waals surface area contributed by atoms with Crippen LogP contribution in [0.4, 0.5) is 5.95 Å². The van der Waals surface area contributed by atoms with E-state index in [4.69, 9.17) is 22.1 Å². The molecule has 3 rings (SSSR count). The summed E-state index contributed by atoms with van der Waals surface area (Å²) in [5.41, 5.74) is 9.60. The van der Waals surface area contributed by atoms with Crippen LogP contribution in [0.15, 0.2) is 53.6 Å². The van der Waals surface area contributed by atoms with Crippen molar-refractivity contribution in [1.82, 2.24) is 25.6 Å². The highest BCUT2D eigenvalue weighted by Crippen LogP contribution is 2.18. The van der Waals surface area contributed by atoms with Crippen LogP contribution in [0.1, 0.15) is 11.1 Å². The van der Waals surface area contributed by atoms with Gasteiger partial charge in [0.15, 0.2) is 0 Å². The predicted molar refractivity (Wildman–Crippen MR) is 100 cm³/mol. The number of nitrogen functional groups attached to an aromatic ring is 1. The molecule has 9 nitrogen and oxygen atoms in total. The van der Waals surface area contributed by atoms with Crippen molar-refractivity contribution >= 4 is 29.7 Å². The van der Waals surface area contributed by atoms with E-state index in [1.807, 2.05) is 36.4 Å². The Balaban J connectivity index is 1.58. The van der Waals surface area contributed by atoms with Crippen LogP contribution in [0.3, 0.4) is 0 Å². The van der Waals surface area contributed by atoms with Crippen LogP contribution >= 0.6 is 11.6 Å². The molecule has 0 bridgehead atoms. The smallest absolute Gasteiger partial charge is 0.261 e. The van der Waals surface area contributed by atoms with E-state index in [-0.39, 0.29) is 12.5 Å². The van der Waals surface area contributed by atoms with Crippen molar-refractivity contribution in [2.45, 2.75) is 13.2 Å². The Kier molecular flexibility index (Phi) is 5.95. The molecular weight excluding hydrogens is 370 g/mol. The van der Waals surface area contributed by atoms with Crippen LogP contribution in [0.25, 0.3) is 0 Å². The van der Waals surface area contributed by atoms with Crippen molar-refractivity contribution in [3.8, 4) is 5.75 Å². The number of carbonyl (C=O) groups is 1. The summed E-state index contributed by atoms with van der Waals surface area (Å²) in [6.45, 7) is 0.248. The average molecular weight is 386 g/mol. The first-order valence-corrected chi connectivity index (χ1v) is 8.29. The van der Waals surface area contributed by atoms with Crippen molar-refractivity contribution < 1.29 is 9.53 Å². The molecule has 3 aromatic rings. The molecule has 3 N–H and O–H groups in total. The number of halogens is 1. The molecule has 0 atom stereocenters. The van der Waals surface area contributed by atoms with Crippen molar-refractivity contribution in [3.63, 3.8) is 0 Å². The number of nitrogens with zero attached hydrogens (tertiary/aromatic N) is 5. The highest BCUT2D eigenvalue weighted by atomic mass is 35.5. The average Bonchev–Trinajstić information content (AvgIpc) is 3.07. The predicted octanol–water partition coefficient (Wildman–Crippen LogP) is 1.64. The van der Waals surface area contributed by atoms with Gasteiger partial charge in [-0.15, -0.1) is 0 Å². The number of amides is 1. The maximum Gasteiger partial charge on any atom is 0.261 e. The van der Waals surface area contributed by atoms with E-state index in [9.17, 15) is 4.79 Å². The molecule has 138 valence electrons. The number of carbonyl (C=O) groups excluding carboxylic acids is 1. The zero-order valence-corrected chi connectivity index (χ0v) is 14.9. The monoisotopic (exact) mass is 385 g/mol. The minimum absolute atomic E-state index is 0.0510. The van der Waals surface area contributed by atoms with Gasteiger partial charge >= 0.3 is 0 Å². The molecule has 1 heterocycles. The highest BCUT2D eigenvalue weighted by Gasteiger charge is 2.07. The first-order valence-electron chi connectivity index (χ1n) is 7.91. The third-order valence-corrected chi connectivity index (χ3v) is 3.72. The van der Waals surface area contributed by atoms with Gasteiger partial charge < -0.3 is 10.5 Å². The Morgan fingerprint density at radius 1 is 1.26 bits per heavy atom. The molecular formula is C17H16ClN7O2. The lowest BCUT2D eigenvalue weighted by Crippen LogP contribution is -2.24. The lowest BCUT2D eigenvalue weighted by atomic mass is 10.2. The number of benzene rings is 2. The van der Waals surface area contributed by atoms with Gasteiger partial charge in [0.2, 0.25) is 5.95 Å². The quantitative estimate of drug-likeness (QED) is 0.471. The first-order chi connectivity index (χ1) is 13.1. The number of rotatable bonds is 7. The van der Waals surface area contributed by atoms with Crippen LogP contribution in [0.2, 0.25) is 5.02 Å². The van der Waals surface area contributed by atoms with Gasteiger partial charge in [-0.2, -0.15) is 5.10 Å². The van der Waals surface area contributed by atoms with Crippen molar-refractivity contribution in [1.29, 1.82) is 0 Å². The van der Waals surface area contributed by atoms with Crippen LogP contribution < -0.4 is 15.9 Å². The van der Waals surface area contributed by atoms with Gasteiger partial charge in [0.25, 0.3) is 5.91 Å². The Morgan fingerprint density at radius 3 is 2.78 bits per heavy atom. The summed E-state index contributed by atoms with van der Waals surface area (Å²) in [5.74, 6) is 0.273. The first kappa shape index (κ1) is 18.3. The van der Waals surface area contributed by atoms with Crippen LogP contribution in [0.5, 0.6) is 5.75 Å². The van der Waals surface area contributed by atoms with Crippen LogP contribution in [0, 0.1) is 0 Å². The molecule has 1 aromatic heterocycles. The minimum Gasteiger partial charge on any atom is -0.488 e. The number of hydrazone groups is 1. The summed E-state index contributed by atoms with van der Waals surface area (Å²) in [4.78, 5) is 11.8. The van der Waals surface area contributed by atoms with E-state index in [1.54, 1.807) is 12.1 Å². The molecule has 1 amide bonds. The van der Waals surface area contributed by atoms with Gasteiger partial charge in [0.1, 0.15) is 18.9 Å². The van der Waals surface area contributed by atoms with E-state index in [0.29, 0.717) is 22.9 Å². The molecule has 0 aliphatic rings. The molecule has 0 unspecified atom stereocenters. The molecule has 0 aliphatic heterocycles. The van der Waals surface area contributed by atoms with Gasteiger partial charge in [-0.1, -0.05) is 41.0 Å². The lowest BCUT2D eigenvalue weighted by Gasteiger charge is -2.09. The fourth-order valence-corrected chi connectivity index (χ4v) is 2.26. The Hall–Kier alpha value is -3.46. The summed E-state index contributed by atoms with van der Waals surface area (Å²) < 4.78 is 6.99. The fraction of sp³-hybridized carbons (Fsp3) is 0.118. The number of para-hydroxylation sites is 1. The summed E-state index contributed by atoms with van der Waals surface area (Å²) in [7, 11) is 0. The van der Waals surface area contributed by atoms with E-state index in [0.717, 1.165) is 10.2 Å². The summed E-state index contributed by atoms with van der Waals surface area (Å²) in [6.07, 6.45) is 1.50. The summed E-state index contributed by atoms with van der Waals surface area (Å²) >= 11 is 5.88. The molecule has 0 saturated heterocycles. The molecule has 0 fully saturated rings. The van der Waals surface area contributed by atoms with Crippen molar-refractivity contribution in [2.75, 3.05) is 5.73 Å². The molecule has 0 spiro atoms. The van der Waals surface area contributed by atoms with Gasteiger partial charge in [-0.25, -0.2) is 10.1 Å². The Labute approximate surface area is 159 Å². The van der Waals surface area contributed by atoms with E-state index >= 15 is 0 Å². The molecule has 10 heteroatoms. The van der Waals surface area contributed by atoms with Gasteiger partial charge in [-0.05, 0) is 40.3 Å². The second kappa shape index (κ2) is 8.77. The van der Waals surface area contributed by atoms with Gasteiger partial charge in [-0.3, -0.25) is 4.79 Å². The molecule has 0 saturated carbocycles. The fourth-order valence-electron chi connectivity index (χ4n) is 2.13. The van der Waals surface area contributed by atoms with Gasteiger partial charge in [0.05, 0.1) is 6.21 Å². The number of ether oxygens (including phenoxy) is 1. The standard InChI is InChI=1S/C17H16ClN7O2/c18-14-7-5-12(6-8-14)11-27-15-4-2-1-3-13(15)9-20-21-16(26)10-25-17(19)22-23-24-25/h1-9H,10-11H2,(H,21,26)(H2,19,22,24)/b20-9+. The number of anilines is 1. The number of hydrogen-bond acceptors (Lipinski definition) is 7. The third-order valence-electron chi connectivity index (χ3n) is 3.47. The van der Waals surface area contributed by atoms with E-state index in [1.165, 1.54) is 6.21 Å². The number of tetrazole rings is 1. The zero-order valence-electron chi connectivity index (χ0n) is 14.1. The second-order valence-electron chi connectivity index (χ2n) is 5.44. The number of hydrogen-bond donors (Lipinski definition) is 2. The number of nitrogens with one attached hydrogen (secondary N) is 1. The maximum absolute atomic E-state index is 11.8. The normalized spacial score (nSPS) is 10.9. The molecule has 2 aromatic carbocycles. The SMILES string of the molecule is Nc1nnnn1CC(=O)N/N=C/c1ccccc1OCc1ccc(Cl)cc1. The Morgan fingerprint density at radius 2 is 2.04 bits per heavy atom. The van der Waals surface area contributed by atoms with Crippen molar-refractivity contribution in [3.05, 3.63) is 64.7 Å². The van der Waals surface area contributed by atoms with Crippen LogP contribution in [-0.4, -0.2) is 32.3 Å². The maximum atomic E-state index is 11.8. The summed E-state index contributed by atoms with van der Waals surface area (Å²) in [6, 6.07) is 14.7. The number of nitrogens with two attached hydrogens (primary N) is 1. The van der Waals surface area contributed by atoms with Gasteiger partial charge in [0, 0.05) is 10.6 Å². The van der Waals surface area contributed by atoms with Crippen LogP contribution in [-0.2, 0) is 17.9 Å². The minimum atomic E-state index is -0.412. The largest absolute Gasteiger partial charge is 0.488 e. The zero-order chi connectivity index (χ0) is 19.1. The second-order valence-corrected chi connectivity index (χ2v) is 5.88. The molecule has 0 radical (unpaired) electrons. The Bertz CT molecular complexity index is 940. The molecule has 27 heavy (non-hydrogen) atoms. The number of aromatic nitrogens is 4. The topological polar surface area (TPSA) is 120 Å². The third kappa shape index (κ3) is 5.25. The van der Waals surface area contributed by atoms with Crippen molar-refractivity contribution in [2.24, 2.45) is 5.10 Å². The molecule has 0 aliphatic carbocycles. The highest BCUT2D eigenvalue weighted by molar-refractivity contribution is 6.30. The lowest BCUT2D eigenvalue weighted by molar-refractivity contribution is -0.121. The summed E-state index contributed by atoms with van der Waals surface area (Å²) in [5, 5.41) is 15.0. The van der Waals surface area contributed by atoms with E-state index in [2.05, 4.69) is 26.1 Å².